The molecule has 6 nitrogen and oxygen atoms in total. The SMILES string of the molecule is COc1ccccc1NCC(=O)Nc1ccc(Cl)c(C(=O)NC2CCCCC2)c1. The van der Waals surface area contributed by atoms with E-state index in [1.165, 1.54) is 6.42 Å². The largest absolute Gasteiger partial charge is 0.495 e. The van der Waals surface area contributed by atoms with Gasteiger partial charge in [-0.15, -0.1) is 0 Å². The van der Waals surface area contributed by atoms with Crippen LogP contribution in [0.3, 0.4) is 0 Å². The van der Waals surface area contributed by atoms with Gasteiger partial charge in [-0.25, -0.2) is 0 Å². The summed E-state index contributed by atoms with van der Waals surface area (Å²) in [6.07, 6.45) is 5.47. The fourth-order valence-electron chi connectivity index (χ4n) is 3.46. The Morgan fingerprint density at radius 1 is 1.10 bits per heavy atom. The third kappa shape index (κ3) is 5.87. The fraction of sp³-hybridized carbons (Fsp3) is 0.364. The molecule has 2 amide bonds. The van der Waals surface area contributed by atoms with Gasteiger partial charge >= 0.3 is 0 Å². The van der Waals surface area contributed by atoms with Crippen molar-refractivity contribution in [2.75, 3.05) is 24.3 Å². The highest BCUT2D eigenvalue weighted by atomic mass is 35.5. The normalized spacial score (nSPS) is 14.1. The van der Waals surface area contributed by atoms with Crippen LogP contribution in [0.15, 0.2) is 42.5 Å². The van der Waals surface area contributed by atoms with E-state index in [1.54, 1.807) is 25.3 Å². The second kappa shape index (κ2) is 10.2. The zero-order chi connectivity index (χ0) is 20.6. The highest BCUT2D eigenvalue weighted by molar-refractivity contribution is 6.34. The van der Waals surface area contributed by atoms with E-state index in [4.69, 9.17) is 16.3 Å². The van der Waals surface area contributed by atoms with Gasteiger partial charge in [0.05, 0.1) is 29.9 Å². The van der Waals surface area contributed by atoms with Crippen molar-refractivity contribution >= 4 is 34.8 Å². The van der Waals surface area contributed by atoms with Crippen LogP contribution in [0, 0.1) is 0 Å². The van der Waals surface area contributed by atoms with Crippen LogP contribution < -0.4 is 20.7 Å². The molecule has 2 aromatic carbocycles. The van der Waals surface area contributed by atoms with Gasteiger partial charge in [0, 0.05) is 11.7 Å². The fourth-order valence-corrected chi connectivity index (χ4v) is 3.66. The van der Waals surface area contributed by atoms with Crippen molar-refractivity contribution in [1.29, 1.82) is 0 Å². The van der Waals surface area contributed by atoms with Gasteiger partial charge in [0.1, 0.15) is 5.75 Å². The summed E-state index contributed by atoms with van der Waals surface area (Å²) in [5, 5.41) is 9.26. The first-order valence-corrected chi connectivity index (χ1v) is 10.2. The van der Waals surface area contributed by atoms with E-state index in [9.17, 15) is 9.59 Å². The van der Waals surface area contributed by atoms with Crippen LogP contribution in [0.1, 0.15) is 42.5 Å². The maximum Gasteiger partial charge on any atom is 0.253 e. The van der Waals surface area contributed by atoms with E-state index in [1.807, 2.05) is 24.3 Å². The molecular weight excluding hydrogens is 390 g/mol. The van der Waals surface area contributed by atoms with Crippen LogP contribution in [0.25, 0.3) is 0 Å². The van der Waals surface area contributed by atoms with E-state index in [2.05, 4.69) is 16.0 Å². The van der Waals surface area contributed by atoms with E-state index in [-0.39, 0.29) is 24.4 Å². The third-order valence-corrected chi connectivity index (χ3v) is 5.31. The maximum absolute atomic E-state index is 12.6. The van der Waals surface area contributed by atoms with Crippen molar-refractivity contribution in [2.45, 2.75) is 38.1 Å². The Kier molecular flexibility index (Phi) is 7.36. The van der Waals surface area contributed by atoms with Gasteiger partial charge in [0.25, 0.3) is 5.91 Å². The number of rotatable bonds is 7. The molecule has 1 saturated carbocycles. The molecule has 0 radical (unpaired) electrons. The van der Waals surface area contributed by atoms with Gasteiger partial charge in [-0.05, 0) is 43.2 Å². The molecule has 7 heteroatoms. The first-order chi connectivity index (χ1) is 14.1. The Hall–Kier alpha value is -2.73. The lowest BCUT2D eigenvalue weighted by Crippen LogP contribution is -2.36. The predicted octanol–water partition coefficient (Wildman–Crippen LogP) is 4.46. The lowest BCUT2D eigenvalue weighted by Gasteiger charge is -2.23. The van der Waals surface area contributed by atoms with E-state index in [0.717, 1.165) is 31.4 Å². The Bertz CT molecular complexity index is 866. The minimum atomic E-state index is -0.239. The molecule has 3 rings (SSSR count). The quantitative estimate of drug-likeness (QED) is 0.623. The molecule has 0 atom stereocenters. The summed E-state index contributed by atoms with van der Waals surface area (Å²) in [6, 6.07) is 12.5. The van der Waals surface area contributed by atoms with Crippen LogP contribution in [-0.2, 0) is 4.79 Å². The second-order valence-corrected chi connectivity index (χ2v) is 7.51. The number of para-hydroxylation sites is 2. The molecule has 1 aliphatic carbocycles. The highest BCUT2D eigenvalue weighted by Gasteiger charge is 2.19. The smallest absolute Gasteiger partial charge is 0.253 e. The molecule has 0 heterocycles. The predicted molar refractivity (Wildman–Crippen MR) is 116 cm³/mol. The summed E-state index contributed by atoms with van der Waals surface area (Å²) in [5.74, 6) is 0.218. The van der Waals surface area contributed by atoms with E-state index in [0.29, 0.717) is 22.0 Å². The van der Waals surface area contributed by atoms with Crippen LogP contribution in [-0.4, -0.2) is 31.5 Å². The molecule has 3 N–H and O–H groups in total. The number of halogens is 1. The topological polar surface area (TPSA) is 79.5 Å². The average molecular weight is 416 g/mol. The highest BCUT2D eigenvalue weighted by Crippen LogP contribution is 2.24. The number of nitrogens with one attached hydrogen (secondary N) is 3. The molecule has 2 aromatic rings. The van der Waals surface area contributed by atoms with Crippen molar-refractivity contribution in [2.24, 2.45) is 0 Å². The Labute approximate surface area is 176 Å². The van der Waals surface area contributed by atoms with Crippen molar-refractivity contribution < 1.29 is 14.3 Å². The molecular formula is C22H26ClN3O3. The minimum Gasteiger partial charge on any atom is -0.495 e. The molecule has 0 spiro atoms. The number of methoxy groups -OCH3 is 1. The molecule has 29 heavy (non-hydrogen) atoms. The standard InChI is InChI=1S/C22H26ClN3O3/c1-29-20-10-6-5-9-19(20)24-14-21(27)25-16-11-12-18(23)17(13-16)22(28)26-15-7-3-2-4-8-15/h5-6,9-13,15,24H,2-4,7-8,14H2,1H3,(H,25,27)(H,26,28). The number of hydrogen-bond acceptors (Lipinski definition) is 4. The van der Waals surface area contributed by atoms with Crippen LogP contribution in [0.2, 0.25) is 5.02 Å². The average Bonchev–Trinajstić information content (AvgIpc) is 2.74. The molecule has 1 fully saturated rings. The van der Waals surface area contributed by atoms with Gasteiger partial charge in [-0.3, -0.25) is 9.59 Å². The maximum atomic E-state index is 12.6. The number of hydrogen-bond donors (Lipinski definition) is 3. The number of anilines is 2. The van der Waals surface area contributed by atoms with Crippen LogP contribution in [0.5, 0.6) is 5.75 Å². The Morgan fingerprint density at radius 3 is 2.62 bits per heavy atom. The number of carbonyl (C=O) groups is 2. The number of benzene rings is 2. The van der Waals surface area contributed by atoms with Gasteiger partial charge in [0.15, 0.2) is 0 Å². The van der Waals surface area contributed by atoms with Crippen molar-refractivity contribution in [3.63, 3.8) is 0 Å². The zero-order valence-electron chi connectivity index (χ0n) is 16.5. The van der Waals surface area contributed by atoms with E-state index >= 15 is 0 Å². The summed E-state index contributed by atoms with van der Waals surface area (Å²) in [5.41, 5.74) is 1.62. The summed E-state index contributed by atoms with van der Waals surface area (Å²) in [4.78, 5) is 24.9. The zero-order valence-corrected chi connectivity index (χ0v) is 17.2. The molecule has 0 aliphatic heterocycles. The minimum absolute atomic E-state index is 0.0621. The molecule has 1 aliphatic rings. The number of amides is 2. The van der Waals surface area contributed by atoms with Crippen LogP contribution >= 0.6 is 11.6 Å². The molecule has 0 bridgehead atoms. The lowest BCUT2D eigenvalue weighted by atomic mass is 9.95. The summed E-state index contributed by atoms with van der Waals surface area (Å²) < 4.78 is 5.26. The molecule has 154 valence electrons. The molecule has 0 unspecified atom stereocenters. The van der Waals surface area contributed by atoms with Crippen molar-refractivity contribution in [1.82, 2.24) is 5.32 Å². The summed E-state index contributed by atoms with van der Waals surface area (Å²) >= 11 is 6.22. The van der Waals surface area contributed by atoms with Gasteiger partial charge in [-0.2, -0.15) is 0 Å². The van der Waals surface area contributed by atoms with Crippen molar-refractivity contribution in [3.8, 4) is 5.75 Å². The van der Waals surface area contributed by atoms with Gasteiger partial charge in [0.2, 0.25) is 5.91 Å². The van der Waals surface area contributed by atoms with Crippen molar-refractivity contribution in [3.05, 3.63) is 53.1 Å². The number of carbonyl (C=O) groups excluding carboxylic acids is 2. The first-order valence-electron chi connectivity index (χ1n) is 9.84. The summed E-state index contributed by atoms with van der Waals surface area (Å²) in [7, 11) is 1.58. The second-order valence-electron chi connectivity index (χ2n) is 7.11. The van der Waals surface area contributed by atoms with Gasteiger partial charge in [-0.1, -0.05) is 43.0 Å². The molecule has 0 saturated heterocycles. The lowest BCUT2D eigenvalue weighted by molar-refractivity contribution is -0.114. The Balaban J connectivity index is 1.59. The van der Waals surface area contributed by atoms with Crippen LogP contribution in [0.4, 0.5) is 11.4 Å². The number of ether oxygens (including phenoxy) is 1. The monoisotopic (exact) mass is 415 g/mol. The van der Waals surface area contributed by atoms with Gasteiger partial charge < -0.3 is 20.7 Å². The third-order valence-electron chi connectivity index (χ3n) is 4.98. The first kappa shape index (κ1) is 21.0. The molecule has 0 aromatic heterocycles. The Morgan fingerprint density at radius 2 is 1.86 bits per heavy atom. The summed E-state index contributed by atoms with van der Waals surface area (Å²) in [6.45, 7) is 0.0621. The van der Waals surface area contributed by atoms with E-state index < -0.39 is 0 Å².